The second-order valence-corrected chi connectivity index (χ2v) is 6.24. The fourth-order valence-corrected chi connectivity index (χ4v) is 3.60. The number of ether oxygens (including phenoxy) is 1. The molecule has 0 spiro atoms. The molecule has 1 aliphatic heterocycles. The van der Waals surface area contributed by atoms with Gasteiger partial charge in [-0.3, -0.25) is 0 Å². The first-order valence-corrected chi connectivity index (χ1v) is 8.23. The van der Waals surface area contributed by atoms with E-state index in [1.807, 2.05) is 0 Å². The first-order valence-electron chi connectivity index (χ1n) is 8.23. The Morgan fingerprint density at radius 3 is 2.72 bits per heavy atom. The Hall–Kier alpha value is -0.0800. The average molecular weight is 253 g/mol. The molecule has 0 aromatic heterocycles. The molecular formula is C16H31NO. The van der Waals surface area contributed by atoms with E-state index in [0.717, 1.165) is 25.1 Å². The van der Waals surface area contributed by atoms with E-state index in [-0.39, 0.29) is 0 Å². The monoisotopic (exact) mass is 253 g/mol. The van der Waals surface area contributed by atoms with Crippen LogP contribution in [0, 0.1) is 5.92 Å². The zero-order valence-electron chi connectivity index (χ0n) is 12.1. The van der Waals surface area contributed by atoms with Crippen molar-refractivity contribution in [2.45, 2.75) is 83.3 Å². The summed E-state index contributed by atoms with van der Waals surface area (Å²) in [6.07, 6.45) is 14.3. The van der Waals surface area contributed by atoms with Gasteiger partial charge in [0.1, 0.15) is 0 Å². The van der Waals surface area contributed by atoms with Crippen molar-refractivity contribution in [1.29, 1.82) is 0 Å². The molecule has 2 rings (SSSR count). The minimum Gasteiger partial charge on any atom is -0.378 e. The molecule has 2 heteroatoms. The summed E-state index contributed by atoms with van der Waals surface area (Å²) in [7, 11) is 0. The van der Waals surface area contributed by atoms with Crippen molar-refractivity contribution in [1.82, 2.24) is 5.32 Å². The average Bonchev–Trinajstić information content (AvgIpc) is 2.78. The maximum Gasteiger partial charge on any atom is 0.0588 e. The van der Waals surface area contributed by atoms with Crippen molar-refractivity contribution < 1.29 is 4.74 Å². The summed E-state index contributed by atoms with van der Waals surface area (Å²) >= 11 is 0. The quantitative estimate of drug-likeness (QED) is 0.725. The maximum atomic E-state index is 5.68. The Morgan fingerprint density at radius 2 is 1.94 bits per heavy atom. The smallest absolute Gasteiger partial charge is 0.0588 e. The molecule has 1 heterocycles. The predicted molar refractivity (Wildman–Crippen MR) is 76.9 cm³/mol. The third-order valence-corrected chi connectivity index (χ3v) is 4.71. The van der Waals surface area contributed by atoms with Crippen LogP contribution in [-0.4, -0.2) is 25.3 Å². The lowest BCUT2D eigenvalue weighted by atomic mass is 9.95. The van der Waals surface area contributed by atoms with E-state index in [4.69, 9.17) is 4.74 Å². The second-order valence-electron chi connectivity index (χ2n) is 6.24. The molecule has 2 fully saturated rings. The molecule has 1 saturated carbocycles. The lowest BCUT2D eigenvalue weighted by Crippen LogP contribution is -2.31. The Morgan fingerprint density at radius 1 is 1.00 bits per heavy atom. The molecule has 1 N–H and O–H groups in total. The lowest BCUT2D eigenvalue weighted by molar-refractivity contribution is 0.103. The van der Waals surface area contributed by atoms with E-state index >= 15 is 0 Å². The normalized spacial score (nSPS) is 33.5. The highest BCUT2D eigenvalue weighted by Gasteiger charge is 2.19. The van der Waals surface area contributed by atoms with E-state index in [1.165, 1.54) is 64.2 Å². The van der Waals surface area contributed by atoms with Gasteiger partial charge in [-0.25, -0.2) is 0 Å². The summed E-state index contributed by atoms with van der Waals surface area (Å²) in [5, 5.41) is 3.77. The van der Waals surface area contributed by atoms with Gasteiger partial charge in [0.25, 0.3) is 0 Å². The first-order chi connectivity index (χ1) is 8.88. The molecule has 1 aliphatic carbocycles. The fourth-order valence-electron chi connectivity index (χ4n) is 3.60. The summed E-state index contributed by atoms with van der Waals surface area (Å²) in [4.78, 5) is 0. The summed E-state index contributed by atoms with van der Waals surface area (Å²) in [6, 6.07) is 0.785. The van der Waals surface area contributed by atoms with Gasteiger partial charge in [-0.05, 0) is 51.0 Å². The summed E-state index contributed by atoms with van der Waals surface area (Å²) < 4.78 is 5.68. The van der Waals surface area contributed by atoms with Crippen LogP contribution in [0.15, 0.2) is 0 Å². The Bertz CT molecular complexity index is 213. The molecule has 106 valence electrons. The molecule has 0 bridgehead atoms. The second kappa shape index (κ2) is 8.16. The van der Waals surface area contributed by atoms with Gasteiger partial charge in [-0.1, -0.05) is 32.6 Å². The number of hydrogen-bond acceptors (Lipinski definition) is 2. The Balaban J connectivity index is 1.58. The molecule has 18 heavy (non-hydrogen) atoms. The molecular weight excluding hydrogens is 222 g/mol. The van der Waals surface area contributed by atoms with E-state index in [9.17, 15) is 0 Å². The molecule has 3 unspecified atom stereocenters. The maximum absolute atomic E-state index is 5.68. The molecule has 2 aliphatic rings. The van der Waals surface area contributed by atoms with Crippen LogP contribution >= 0.6 is 0 Å². The SMILES string of the molecule is CCCC1CCCC(NCCC2CCCO2)CC1. The van der Waals surface area contributed by atoms with E-state index < -0.39 is 0 Å². The van der Waals surface area contributed by atoms with Crippen LogP contribution in [0.1, 0.15) is 71.1 Å². The van der Waals surface area contributed by atoms with Gasteiger partial charge in [-0.15, -0.1) is 0 Å². The van der Waals surface area contributed by atoms with Crippen LogP contribution in [0.2, 0.25) is 0 Å². The fraction of sp³-hybridized carbons (Fsp3) is 1.00. The van der Waals surface area contributed by atoms with Gasteiger partial charge in [0.15, 0.2) is 0 Å². The highest BCUT2D eigenvalue weighted by Crippen LogP contribution is 2.26. The molecule has 0 radical (unpaired) electrons. The van der Waals surface area contributed by atoms with Crippen LogP contribution in [0.5, 0.6) is 0 Å². The topological polar surface area (TPSA) is 21.3 Å². The van der Waals surface area contributed by atoms with E-state index in [1.54, 1.807) is 0 Å². The van der Waals surface area contributed by atoms with Gasteiger partial charge in [0, 0.05) is 12.6 Å². The first kappa shape index (κ1) is 14.3. The van der Waals surface area contributed by atoms with Gasteiger partial charge in [-0.2, -0.15) is 0 Å². The standard InChI is InChI=1S/C16H31NO/c1-2-5-14-6-3-7-15(10-9-14)17-12-11-16-8-4-13-18-16/h14-17H,2-13H2,1H3. The zero-order valence-corrected chi connectivity index (χ0v) is 12.1. The van der Waals surface area contributed by atoms with E-state index in [0.29, 0.717) is 6.10 Å². The number of nitrogens with one attached hydrogen (secondary N) is 1. The molecule has 3 atom stereocenters. The Kier molecular flexibility index (Phi) is 6.50. The molecule has 0 aromatic rings. The largest absolute Gasteiger partial charge is 0.378 e. The lowest BCUT2D eigenvalue weighted by Gasteiger charge is -2.18. The summed E-state index contributed by atoms with van der Waals surface area (Å²) in [5.41, 5.74) is 0. The zero-order chi connectivity index (χ0) is 12.6. The third kappa shape index (κ3) is 4.89. The van der Waals surface area contributed by atoms with Gasteiger partial charge >= 0.3 is 0 Å². The predicted octanol–water partition coefficient (Wildman–Crippen LogP) is 3.89. The van der Waals surface area contributed by atoms with Gasteiger partial charge in [0.05, 0.1) is 6.10 Å². The molecule has 0 aromatic carbocycles. The highest BCUT2D eigenvalue weighted by atomic mass is 16.5. The van der Waals surface area contributed by atoms with Gasteiger partial charge < -0.3 is 10.1 Å². The van der Waals surface area contributed by atoms with Crippen molar-refractivity contribution in [3.8, 4) is 0 Å². The van der Waals surface area contributed by atoms with Crippen molar-refractivity contribution in [3.63, 3.8) is 0 Å². The minimum absolute atomic E-state index is 0.552. The summed E-state index contributed by atoms with van der Waals surface area (Å²) in [5.74, 6) is 1.01. The molecule has 1 saturated heterocycles. The van der Waals surface area contributed by atoms with Crippen LogP contribution in [0.25, 0.3) is 0 Å². The van der Waals surface area contributed by atoms with Crippen LogP contribution in [0.3, 0.4) is 0 Å². The van der Waals surface area contributed by atoms with Crippen molar-refractivity contribution in [2.24, 2.45) is 5.92 Å². The third-order valence-electron chi connectivity index (χ3n) is 4.71. The Labute approximate surface area is 113 Å². The number of hydrogen-bond donors (Lipinski definition) is 1. The van der Waals surface area contributed by atoms with E-state index in [2.05, 4.69) is 12.2 Å². The van der Waals surface area contributed by atoms with Crippen molar-refractivity contribution >= 4 is 0 Å². The number of rotatable bonds is 6. The van der Waals surface area contributed by atoms with Crippen LogP contribution in [-0.2, 0) is 4.74 Å². The summed E-state index contributed by atoms with van der Waals surface area (Å²) in [6.45, 7) is 4.47. The minimum atomic E-state index is 0.552. The van der Waals surface area contributed by atoms with Gasteiger partial charge in [0.2, 0.25) is 0 Å². The van der Waals surface area contributed by atoms with Crippen molar-refractivity contribution in [2.75, 3.05) is 13.2 Å². The van der Waals surface area contributed by atoms with Crippen molar-refractivity contribution in [3.05, 3.63) is 0 Å². The molecule has 0 amide bonds. The van der Waals surface area contributed by atoms with Crippen LogP contribution in [0.4, 0.5) is 0 Å². The highest BCUT2D eigenvalue weighted by molar-refractivity contribution is 4.76. The van der Waals surface area contributed by atoms with Crippen LogP contribution < -0.4 is 5.32 Å². The molecule has 2 nitrogen and oxygen atoms in total.